The van der Waals surface area contributed by atoms with E-state index in [4.69, 9.17) is 5.73 Å². The summed E-state index contributed by atoms with van der Waals surface area (Å²) in [6.45, 7) is 0. The van der Waals surface area contributed by atoms with Crippen LogP contribution in [0.3, 0.4) is 0 Å². The molecule has 1 amide bonds. The zero-order valence-corrected chi connectivity index (χ0v) is 10.3. The number of nitrogen functional groups attached to an aromatic ring is 1. The largest absolute Gasteiger partial charge is 0.399 e. The number of carbonyl (C=O) groups is 1. The maximum absolute atomic E-state index is 12.0. The van der Waals surface area contributed by atoms with Crippen molar-refractivity contribution in [3.05, 3.63) is 24.3 Å². The van der Waals surface area contributed by atoms with Crippen LogP contribution in [0, 0.1) is 5.92 Å². The molecule has 1 aromatic rings. The average molecular weight is 243 g/mol. The second-order valence-electron chi connectivity index (χ2n) is 5.05. The van der Waals surface area contributed by atoms with Crippen LogP contribution in [0.2, 0.25) is 0 Å². The first-order valence-electron chi connectivity index (χ1n) is 6.50. The van der Waals surface area contributed by atoms with Crippen LogP contribution in [0.4, 0.5) is 11.4 Å². The van der Waals surface area contributed by atoms with Crippen LogP contribution in [0.5, 0.6) is 0 Å². The minimum absolute atomic E-state index is 0.0710. The topological polar surface area (TPSA) is 58.7 Å². The summed E-state index contributed by atoms with van der Waals surface area (Å²) >= 11 is 0. The lowest BCUT2D eigenvalue weighted by molar-refractivity contribution is -0.116. The van der Waals surface area contributed by atoms with Gasteiger partial charge in [-0.25, -0.2) is 5.01 Å². The van der Waals surface area contributed by atoms with Crippen LogP contribution in [0.25, 0.3) is 0 Å². The fourth-order valence-electron chi connectivity index (χ4n) is 2.75. The van der Waals surface area contributed by atoms with Crippen LogP contribution in [-0.4, -0.2) is 11.6 Å². The SMILES string of the molecule is Nc1ccc(N2N=C(C3CCCC3)CC2=O)cc1. The number of carbonyl (C=O) groups excluding carboxylic acids is 1. The standard InChI is InChI=1S/C14H17N3O/c15-11-5-7-12(8-6-11)17-14(18)9-13(16-17)10-3-1-2-4-10/h5-8,10H,1-4,9,15H2. The Morgan fingerprint density at radius 3 is 2.50 bits per heavy atom. The first-order chi connectivity index (χ1) is 8.74. The highest BCUT2D eigenvalue weighted by atomic mass is 16.2. The van der Waals surface area contributed by atoms with Gasteiger partial charge in [0.1, 0.15) is 0 Å². The smallest absolute Gasteiger partial charge is 0.253 e. The lowest BCUT2D eigenvalue weighted by Gasteiger charge is -2.11. The van der Waals surface area contributed by atoms with Crippen molar-refractivity contribution in [3.63, 3.8) is 0 Å². The second kappa shape index (κ2) is 4.44. The molecule has 0 radical (unpaired) electrons. The summed E-state index contributed by atoms with van der Waals surface area (Å²) in [4.78, 5) is 12.0. The Labute approximate surface area is 106 Å². The zero-order chi connectivity index (χ0) is 12.5. The summed E-state index contributed by atoms with van der Waals surface area (Å²) in [5.41, 5.74) is 8.22. The summed E-state index contributed by atoms with van der Waals surface area (Å²) in [5.74, 6) is 0.592. The lowest BCUT2D eigenvalue weighted by atomic mass is 10.00. The number of benzene rings is 1. The van der Waals surface area contributed by atoms with Crippen LogP contribution in [-0.2, 0) is 4.79 Å². The van der Waals surface area contributed by atoms with Crippen molar-refractivity contribution in [3.8, 4) is 0 Å². The molecule has 1 aromatic carbocycles. The number of rotatable bonds is 2. The normalized spacial score (nSPS) is 20.6. The van der Waals surface area contributed by atoms with Gasteiger partial charge in [-0.1, -0.05) is 12.8 Å². The highest BCUT2D eigenvalue weighted by Gasteiger charge is 2.31. The third-order valence-electron chi connectivity index (χ3n) is 3.76. The van der Waals surface area contributed by atoms with Gasteiger partial charge in [0.2, 0.25) is 0 Å². The van der Waals surface area contributed by atoms with E-state index in [2.05, 4.69) is 5.10 Å². The van der Waals surface area contributed by atoms with Gasteiger partial charge in [0.15, 0.2) is 0 Å². The summed E-state index contributed by atoms with van der Waals surface area (Å²) in [5, 5.41) is 6.03. The van der Waals surface area contributed by atoms with Crippen LogP contribution in [0.15, 0.2) is 29.4 Å². The molecule has 1 aliphatic heterocycles. The van der Waals surface area contributed by atoms with Gasteiger partial charge in [0.05, 0.1) is 17.8 Å². The van der Waals surface area contributed by atoms with Crippen molar-refractivity contribution in [2.24, 2.45) is 11.0 Å². The molecular formula is C14H17N3O. The van der Waals surface area contributed by atoms with Gasteiger partial charge in [-0.15, -0.1) is 0 Å². The Hall–Kier alpha value is -1.84. The maximum Gasteiger partial charge on any atom is 0.253 e. The minimum Gasteiger partial charge on any atom is -0.399 e. The number of nitrogens with zero attached hydrogens (tertiary/aromatic N) is 2. The molecule has 1 fully saturated rings. The molecular weight excluding hydrogens is 226 g/mol. The summed E-state index contributed by atoms with van der Waals surface area (Å²) in [7, 11) is 0. The first-order valence-corrected chi connectivity index (χ1v) is 6.50. The number of hydrazone groups is 1. The van der Waals surface area contributed by atoms with Crippen LogP contribution < -0.4 is 10.7 Å². The predicted molar refractivity (Wildman–Crippen MR) is 72.4 cm³/mol. The molecule has 0 atom stereocenters. The zero-order valence-electron chi connectivity index (χ0n) is 10.3. The van der Waals surface area contributed by atoms with E-state index in [-0.39, 0.29) is 5.91 Å². The number of amides is 1. The van der Waals surface area contributed by atoms with E-state index in [1.54, 1.807) is 12.1 Å². The Bertz CT molecular complexity index is 486. The van der Waals surface area contributed by atoms with Gasteiger partial charge < -0.3 is 5.73 Å². The fraction of sp³-hybridized carbons (Fsp3) is 0.429. The lowest BCUT2D eigenvalue weighted by Crippen LogP contribution is -2.19. The Morgan fingerprint density at radius 1 is 1.17 bits per heavy atom. The molecule has 0 saturated heterocycles. The molecule has 1 aliphatic carbocycles. The summed E-state index contributed by atoms with van der Waals surface area (Å²) < 4.78 is 0. The third-order valence-corrected chi connectivity index (χ3v) is 3.76. The number of hydrogen-bond acceptors (Lipinski definition) is 3. The molecule has 3 rings (SSSR count). The van der Waals surface area contributed by atoms with E-state index in [0.29, 0.717) is 18.0 Å². The quantitative estimate of drug-likeness (QED) is 0.811. The fourth-order valence-corrected chi connectivity index (χ4v) is 2.75. The van der Waals surface area contributed by atoms with Gasteiger partial charge in [-0.3, -0.25) is 4.79 Å². The third kappa shape index (κ3) is 1.98. The van der Waals surface area contributed by atoms with Crippen molar-refractivity contribution < 1.29 is 4.79 Å². The summed E-state index contributed by atoms with van der Waals surface area (Å²) in [6, 6.07) is 7.28. The molecule has 2 aliphatic rings. The highest BCUT2D eigenvalue weighted by Crippen LogP contribution is 2.31. The van der Waals surface area contributed by atoms with Gasteiger partial charge >= 0.3 is 0 Å². The van der Waals surface area contributed by atoms with Gasteiger partial charge in [0.25, 0.3) is 5.91 Å². The van der Waals surface area contributed by atoms with E-state index < -0.39 is 0 Å². The number of hydrogen-bond donors (Lipinski definition) is 1. The molecule has 1 heterocycles. The van der Waals surface area contributed by atoms with Gasteiger partial charge in [-0.2, -0.15) is 5.10 Å². The minimum atomic E-state index is 0.0710. The maximum atomic E-state index is 12.0. The van der Waals surface area contributed by atoms with Gasteiger partial charge in [0, 0.05) is 5.69 Å². The van der Waals surface area contributed by atoms with E-state index >= 15 is 0 Å². The van der Waals surface area contributed by atoms with E-state index in [1.807, 2.05) is 12.1 Å². The Balaban J connectivity index is 1.83. The molecule has 0 spiro atoms. The molecule has 0 bridgehead atoms. The van der Waals surface area contributed by atoms with Crippen LogP contribution >= 0.6 is 0 Å². The van der Waals surface area contributed by atoms with Crippen molar-refractivity contribution >= 4 is 23.0 Å². The molecule has 2 N–H and O–H groups in total. The number of nitrogens with two attached hydrogens (primary N) is 1. The average Bonchev–Trinajstić information content (AvgIpc) is 2.99. The molecule has 1 saturated carbocycles. The molecule has 4 heteroatoms. The highest BCUT2D eigenvalue weighted by molar-refractivity contribution is 6.13. The van der Waals surface area contributed by atoms with Crippen molar-refractivity contribution in [2.45, 2.75) is 32.1 Å². The first kappa shape index (κ1) is 11.3. The molecule has 0 unspecified atom stereocenters. The molecule has 94 valence electrons. The Kier molecular flexibility index (Phi) is 2.78. The second-order valence-corrected chi connectivity index (χ2v) is 5.05. The van der Waals surface area contributed by atoms with E-state index in [1.165, 1.54) is 30.7 Å². The van der Waals surface area contributed by atoms with Crippen molar-refractivity contribution in [2.75, 3.05) is 10.7 Å². The summed E-state index contributed by atoms with van der Waals surface area (Å²) in [6.07, 6.45) is 5.37. The van der Waals surface area contributed by atoms with E-state index in [9.17, 15) is 4.79 Å². The van der Waals surface area contributed by atoms with Crippen LogP contribution in [0.1, 0.15) is 32.1 Å². The Morgan fingerprint density at radius 2 is 1.83 bits per heavy atom. The number of anilines is 2. The molecule has 0 aromatic heterocycles. The van der Waals surface area contributed by atoms with Gasteiger partial charge in [-0.05, 0) is 43.0 Å². The van der Waals surface area contributed by atoms with Crippen molar-refractivity contribution in [1.82, 2.24) is 0 Å². The predicted octanol–water partition coefficient (Wildman–Crippen LogP) is 2.55. The van der Waals surface area contributed by atoms with E-state index in [0.717, 1.165) is 11.4 Å². The molecule has 18 heavy (non-hydrogen) atoms. The van der Waals surface area contributed by atoms with Crippen molar-refractivity contribution in [1.29, 1.82) is 0 Å². The molecule has 4 nitrogen and oxygen atoms in total. The monoisotopic (exact) mass is 243 g/mol.